The average Bonchev–Trinajstić information content (AvgIpc) is 3.13. The van der Waals surface area contributed by atoms with Gasteiger partial charge in [0.25, 0.3) is 11.8 Å². The Labute approximate surface area is 189 Å². The number of anilines is 1. The Morgan fingerprint density at radius 2 is 2.09 bits per heavy atom. The van der Waals surface area contributed by atoms with Gasteiger partial charge in [0.1, 0.15) is 22.8 Å². The summed E-state index contributed by atoms with van der Waals surface area (Å²) >= 11 is 2.38. The topological polar surface area (TPSA) is 185 Å². The highest BCUT2D eigenvalue weighted by atomic mass is 32.2. The number of nitrogen functional groups attached to an aromatic ring is 1. The molecule has 1 aromatic heterocycles. The summed E-state index contributed by atoms with van der Waals surface area (Å²) in [4.78, 5) is 59.1. The maximum atomic E-state index is 13.0. The number of nitrogens with two attached hydrogens (primary N) is 1. The minimum Gasteiger partial charge on any atom is -0.478 e. The Morgan fingerprint density at radius 1 is 1.38 bits per heavy atom. The van der Waals surface area contributed by atoms with Crippen molar-refractivity contribution >= 4 is 57.7 Å². The summed E-state index contributed by atoms with van der Waals surface area (Å²) in [5, 5.41) is 26.2. The van der Waals surface area contributed by atoms with Crippen LogP contribution < -0.4 is 11.1 Å². The number of carboxylic acid groups (broad SMARTS) is 2. The molecule has 2 atom stereocenters. The summed E-state index contributed by atoms with van der Waals surface area (Å²) in [6.07, 6.45) is 1.15. The Kier molecular flexibility index (Phi) is 5.58. The lowest BCUT2D eigenvalue weighted by Crippen LogP contribution is -2.71. The van der Waals surface area contributed by atoms with Gasteiger partial charge >= 0.3 is 11.9 Å². The third kappa shape index (κ3) is 3.58. The van der Waals surface area contributed by atoms with Gasteiger partial charge in [-0.3, -0.25) is 14.5 Å². The molecule has 170 valence electrons. The first-order valence-corrected chi connectivity index (χ1v) is 11.5. The summed E-state index contributed by atoms with van der Waals surface area (Å²) in [6, 6.07) is -0.978. The number of nitrogens with one attached hydrogen (secondary N) is 1. The van der Waals surface area contributed by atoms with E-state index in [-0.39, 0.29) is 35.1 Å². The number of thiazole rings is 1. The van der Waals surface area contributed by atoms with Crippen molar-refractivity contribution in [3.8, 4) is 0 Å². The van der Waals surface area contributed by atoms with Crippen molar-refractivity contribution in [2.45, 2.75) is 43.2 Å². The smallest absolute Gasteiger partial charge is 0.352 e. The quantitative estimate of drug-likeness (QED) is 0.238. The average molecular weight is 482 g/mol. The van der Waals surface area contributed by atoms with E-state index < -0.39 is 40.8 Å². The van der Waals surface area contributed by atoms with Crippen molar-refractivity contribution < 1.29 is 34.2 Å². The van der Waals surface area contributed by atoms with Crippen LogP contribution in [-0.2, 0) is 24.0 Å². The van der Waals surface area contributed by atoms with Crippen LogP contribution in [0.5, 0.6) is 0 Å². The van der Waals surface area contributed by atoms with Crippen molar-refractivity contribution in [3.63, 3.8) is 0 Å². The molecule has 2 fully saturated rings. The second kappa shape index (κ2) is 8.09. The molecule has 14 heteroatoms. The molecule has 12 nitrogen and oxygen atoms in total. The highest BCUT2D eigenvalue weighted by Gasteiger charge is 2.54. The number of thioether (sulfide) groups is 1. The normalized spacial score (nSPS) is 24.2. The van der Waals surface area contributed by atoms with Gasteiger partial charge in [-0.15, -0.1) is 23.1 Å². The molecule has 1 saturated heterocycles. The Hall–Kier alpha value is -3.13. The number of nitrogens with zero attached hydrogens (tertiary/aromatic N) is 3. The molecule has 0 aromatic carbocycles. The number of carbonyl (C=O) groups is 4. The number of oxime groups is 1. The number of hydrogen-bond acceptors (Lipinski definition) is 10. The molecule has 0 spiro atoms. The fourth-order valence-corrected chi connectivity index (χ4v) is 5.40. The first-order valence-electron chi connectivity index (χ1n) is 9.54. The van der Waals surface area contributed by atoms with E-state index in [9.17, 15) is 29.4 Å². The SMILES string of the molecule is CC1=C(C(=O)O)N2C(=O)[C@@H](NC(=O)/C(=N\OC3(C(=O)O)CCC3)c3csc(N)n3)[C@H]2SC1. The fourth-order valence-electron chi connectivity index (χ4n) is 3.56. The summed E-state index contributed by atoms with van der Waals surface area (Å²) < 4.78 is 0. The first-order chi connectivity index (χ1) is 15.1. The number of carbonyl (C=O) groups excluding carboxylic acids is 2. The molecule has 1 aliphatic carbocycles. The van der Waals surface area contributed by atoms with Crippen LogP contribution in [-0.4, -0.2) is 72.3 Å². The second-order valence-electron chi connectivity index (χ2n) is 7.55. The third-order valence-electron chi connectivity index (χ3n) is 5.49. The number of fused-ring (bicyclic) bond motifs is 1. The van der Waals surface area contributed by atoms with Crippen molar-refractivity contribution in [2.24, 2.45) is 5.16 Å². The van der Waals surface area contributed by atoms with Gasteiger partial charge in [-0.05, 0) is 18.9 Å². The molecular formula is C18H19N5O7S2. The van der Waals surface area contributed by atoms with Crippen LogP contribution in [0.4, 0.5) is 5.13 Å². The maximum Gasteiger partial charge on any atom is 0.352 e. The van der Waals surface area contributed by atoms with Gasteiger partial charge in [0, 0.05) is 24.0 Å². The van der Waals surface area contributed by atoms with Gasteiger partial charge in [0.2, 0.25) is 5.60 Å². The minimum absolute atomic E-state index is 0.0757. The zero-order chi connectivity index (χ0) is 23.2. The van der Waals surface area contributed by atoms with Crippen LogP contribution in [0.3, 0.4) is 0 Å². The zero-order valence-electron chi connectivity index (χ0n) is 16.7. The van der Waals surface area contributed by atoms with Crippen molar-refractivity contribution in [1.82, 2.24) is 15.2 Å². The van der Waals surface area contributed by atoms with Gasteiger partial charge in [-0.25, -0.2) is 14.6 Å². The molecule has 3 heterocycles. The molecular weight excluding hydrogens is 462 g/mol. The van der Waals surface area contributed by atoms with Gasteiger partial charge in [0.15, 0.2) is 10.8 Å². The number of aromatic nitrogens is 1. The molecule has 4 rings (SSSR count). The molecule has 1 aromatic rings. The van der Waals surface area contributed by atoms with Crippen molar-refractivity contribution in [2.75, 3.05) is 11.5 Å². The lowest BCUT2D eigenvalue weighted by Gasteiger charge is -2.49. The number of amides is 2. The molecule has 0 radical (unpaired) electrons. The maximum absolute atomic E-state index is 13.0. The van der Waals surface area contributed by atoms with Gasteiger partial charge in [-0.1, -0.05) is 5.16 Å². The van der Waals surface area contributed by atoms with E-state index in [4.69, 9.17) is 10.6 Å². The number of β-lactam (4-membered cyclic amide) rings is 1. The van der Waals surface area contributed by atoms with Crippen LogP contribution in [0.25, 0.3) is 0 Å². The number of carboxylic acids is 2. The zero-order valence-corrected chi connectivity index (χ0v) is 18.4. The van der Waals surface area contributed by atoms with E-state index in [1.54, 1.807) is 6.92 Å². The second-order valence-corrected chi connectivity index (χ2v) is 9.54. The van der Waals surface area contributed by atoms with E-state index in [1.165, 1.54) is 17.1 Å². The Bertz CT molecular complexity index is 1080. The predicted octanol–water partition coefficient (Wildman–Crippen LogP) is 0.212. The lowest BCUT2D eigenvalue weighted by atomic mass is 9.80. The molecule has 0 bridgehead atoms. The van der Waals surface area contributed by atoms with E-state index >= 15 is 0 Å². The fraction of sp³-hybridized carbons (Fsp3) is 0.444. The van der Waals surface area contributed by atoms with Crippen LogP contribution in [0, 0.1) is 0 Å². The monoisotopic (exact) mass is 481 g/mol. The summed E-state index contributed by atoms with van der Waals surface area (Å²) in [6.45, 7) is 1.64. The molecule has 32 heavy (non-hydrogen) atoms. The van der Waals surface area contributed by atoms with Gasteiger partial charge < -0.3 is 26.1 Å². The number of rotatable bonds is 7. The Morgan fingerprint density at radius 3 is 2.62 bits per heavy atom. The van der Waals surface area contributed by atoms with Crippen LogP contribution >= 0.6 is 23.1 Å². The first kappa shape index (κ1) is 22.1. The van der Waals surface area contributed by atoms with Crippen molar-refractivity contribution in [3.05, 3.63) is 22.3 Å². The van der Waals surface area contributed by atoms with Gasteiger partial charge in [0.05, 0.1) is 0 Å². The van der Waals surface area contributed by atoms with Crippen LogP contribution in [0.15, 0.2) is 21.8 Å². The highest BCUT2D eigenvalue weighted by molar-refractivity contribution is 8.00. The molecule has 0 unspecified atom stereocenters. The third-order valence-corrected chi connectivity index (χ3v) is 7.59. The number of hydrogen-bond donors (Lipinski definition) is 4. The molecule has 5 N–H and O–H groups in total. The molecule has 2 aliphatic heterocycles. The van der Waals surface area contributed by atoms with Crippen LogP contribution in [0.1, 0.15) is 31.9 Å². The van der Waals surface area contributed by atoms with E-state index in [2.05, 4.69) is 15.5 Å². The highest BCUT2D eigenvalue weighted by Crippen LogP contribution is 2.40. The lowest BCUT2D eigenvalue weighted by molar-refractivity contribution is -0.178. The van der Waals surface area contributed by atoms with E-state index in [1.807, 2.05) is 0 Å². The summed E-state index contributed by atoms with van der Waals surface area (Å²) in [5.74, 6) is -3.37. The van der Waals surface area contributed by atoms with E-state index in [0.29, 0.717) is 17.7 Å². The minimum atomic E-state index is -1.51. The molecule has 1 saturated carbocycles. The summed E-state index contributed by atoms with van der Waals surface area (Å²) in [7, 11) is 0. The standard InChI is InChI=1S/C18H19N5O7S2/c1-7-5-31-14-10(13(25)23(14)11(7)15(26)27)21-12(24)9(8-6-32-17(19)20-8)22-30-18(16(28)29)3-2-4-18/h6,10,14H,2-5H2,1H3,(H2,19,20)(H,21,24)(H,26,27)(H,28,29)/b22-9-/t10-,14-/m1/s1. The largest absolute Gasteiger partial charge is 0.478 e. The molecule has 3 aliphatic rings. The van der Waals surface area contributed by atoms with Crippen molar-refractivity contribution in [1.29, 1.82) is 0 Å². The van der Waals surface area contributed by atoms with E-state index in [0.717, 1.165) is 16.2 Å². The predicted molar refractivity (Wildman–Crippen MR) is 114 cm³/mol. The summed E-state index contributed by atoms with van der Waals surface area (Å²) in [5.41, 5.74) is 4.38. The van der Waals surface area contributed by atoms with Crippen LogP contribution in [0.2, 0.25) is 0 Å². The molecule has 2 amide bonds. The Balaban J connectivity index is 1.55. The van der Waals surface area contributed by atoms with Gasteiger partial charge in [-0.2, -0.15) is 0 Å². The number of aliphatic carboxylic acids is 2.